The summed E-state index contributed by atoms with van der Waals surface area (Å²) in [6, 6.07) is 4.68. The Morgan fingerprint density at radius 1 is 1.26 bits per heavy atom. The summed E-state index contributed by atoms with van der Waals surface area (Å²) in [5, 5.41) is 11.6. The molecule has 31 heavy (non-hydrogen) atoms. The lowest BCUT2D eigenvalue weighted by molar-refractivity contribution is -0.199. The van der Waals surface area contributed by atoms with Crippen LogP contribution in [0.15, 0.2) is 23.1 Å². The van der Waals surface area contributed by atoms with Gasteiger partial charge in [-0.05, 0) is 50.3 Å². The molecule has 5 nitrogen and oxygen atoms in total. The molecule has 1 N–H and O–H groups in total. The summed E-state index contributed by atoms with van der Waals surface area (Å²) in [4.78, 5) is 27.3. The average molecular weight is 476 g/mol. The minimum Gasteiger partial charge on any atom is -0.336 e. The van der Waals surface area contributed by atoms with Crippen LogP contribution in [0.2, 0.25) is 5.02 Å². The van der Waals surface area contributed by atoms with Gasteiger partial charge in [-0.3, -0.25) is 9.59 Å². The van der Waals surface area contributed by atoms with E-state index in [1.807, 2.05) is 6.07 Å². The van der Waals surface area contributed by atoms with Gasteiger partial charge in [0.2, 0.25) is 11.8 Å². The van der Waals surface area contributed by atoms with Gasteiger partial charge in [-0.25, -0.2) is 4.39 Å². The van der Waals surface area contributed by atoms with Crippen LogP contribution in [0.3, 0.4) is 0 Å². The van der Waals surface area contributed by atoms with Crippen LogP contribution in [0.5, 0.6) is 0 Å². The van der Waals surface area contributed by atoms with Crippen molar-refractivity contribution in [2.75, 3.05) is 6.54 Å². The third-order valence-corrected chi connectivity index (χ3v) is 7.75. The van der Waals surface area contributed by atoms with Crippen molar-refractivity contribution in [3.05, 3.63) is 29.0 Å². The molecule has 4 rings (SSSR count). The summed E-state index contributed by atoms with van der Waals surface area (Å²) in [5.74, 6) is -2.25. The molecule has 1 aliphatic heterocycles. The number of benzene rings is 1. The molecule has 1 heterocycles. The van der Waals surface area contributed by atoms with Gasteiger partial charge in [0.1, 0.15) is 22.8 Å². The van der Waals surface area contributed by atoms with Crippen molar-refractivity contribution in [2.45, 2.75) is 60.0 Å². The van der Waals surface area contributed by atoms with Gasteiger partial charge >= 0.3 is 6.18 Å². The fraction of sp³-hybridized carbons (Fsp3) is 0.550. The molecule has 0 bridgehead atoms. The highest BCUT2D eigenvalue weighted by Gasteiger charge is 2.70. The number of halogens is 5. The average Bonchev–Trinajstić information content (AvgIpc) is 3.61. The number of rotatable bonds is 5. The monoisotopic (exact) mass is 475 g/mol. The summed E-state index contributed by atoms with van der Waals surface area (Å²) in [5.41, 5.74) is -3.44. The summed E-state index contributed by atoms with van der Waals surface area (Å²) in [7, 11) is 0. The largest absolute Gasteiger partial charge is 0.403 e. The number of alkyl halides is 3. The Balaban J connectivity index is 1.56. The topological polar surface area (TPSA) is 73.2 Å². The third kappa shape index (κ3) is 4.10. The zero-order valence-corrected chi connectivity index (χ0v) is 17.7. The van der Waals surface area contributed by atoms with Crippen molar-refractivity contribution < 1.29 is 27.2 Å². The Morgan fingerprint density at radius 2 is 1.94 bits per heavy atom. The van der Waals surface area contributed by atoms with Crippen molar-refractivity contribution in [1.29, 1.82) is 5.26 Å². The minimum atomic E-state index is -4.69. The zero-order valence-electron chi connectivity index (χ0n) is 16.1. The second-order valence-electron chi connectivity index (χ2n) is 8.29. The fourth-order valence-electron chi connectivity index (χ4n) is 3.83. The lowest BCUT2D eigenvalue weighted by Crippen LogP contribution is -2.53. The van der Waals surface area contributed by atoms with Gasteiger partial charge in [-0.1, -0.05) is 11.6 Å². The van der Waals surface area contributed by atoms with Gasteiger partial charge in [-0.2, -0.15) is 18.4 Å². The predicted molar refractivity (Wildman–Crippen MR) is 105 cm³/mol. The first-order valence-corrected chi connectivity index (χ1v) is 11.0. The highest BCUT2D eigenvalue weighted by atomic mass is 35.5. The fourth-order valence-corrected chi connectivity index (χ4v) is 5.33. The molecule has 2 amide bonds. The van der Waals surface area contributed by atoms with Gasteiger partial charge < -0.3 is 10.2 Å². The van der Waals surface area contributed by atoms with Crippen LogP contribution in [0, 0.1) is 22.6 Å². The lowest BCUT2D eigenvalue weighted by atomic mass is 10.0. The molecule has 11 heteroatoms. The first-order valence-electron chi connectivity index (χ1n) is 9.73. The number of nitrogens with zero attached hydrogens (tertiary/aromatic N) is 2. The molecule has 2 saturated carbocycles. The van der Waals surface area contributed by atoms with Gasteiger partial charge in [-0.15, -0.1) is 11.8 Å². The molecule has 2 atom stereocenters. The highest BCUT2D eigenvalue weighted by Crippen LogP contribution is 2.59. The van der Waals surface area contributed by atoms with E-state index >= 15 is 0 Å². The number of amides is 2. The highest BCUT2D eigenvalue weighted by molar-refractivity contribution is 8.00. The number of nitrogens with one attached hydrogen (secondary N) is 1. The Bertz CT molecular complexity index is 972. The zero-order chi connectivity index (χ0) is 22.6. The molecule has 2 aliphatic carbocycles. The van der Waals surface area contributed by atoms with Gasteiger partial charge in [0.15, 0.2) is 0 Å². The van der Waals surface area contributed by atoms with E-state index in [4.69, 9.17) is 11.6 Å². The van der Waals surface area contributed by atoms with E-state index < -0.39 is 46.1 Å². The number of carbonyl (C=O) groups excluding carboxylic acids is 2. The van der Waals surface area contributed by atoms with Crippen LogP contribution in [0.25, 0.3) is 0 Å². The van der Waals surface area contributed by atoms with Gasteiger partial charge in [0, 0.05) is 16.7 Å². The van der Waals surface area contributed by atoms with E-state index in [2.05, 4.69) is 5.32 Å². The minimum absolute atomic E-state index is 0.0767. The van der Waals surface area contributed by atoms with Crippen LogP contribution in [0.1, 0.15) is 32.1 Å². The van der Waals surface area contributed by atoms with E-state index in [0.717, 1.165) is 11.0 Å². The molecule has 1 aromatic rings. The third-order valence-electron chi connectivity index (χ3n) is 6.04. The Morgan fingerprint density at radius 3 is 2.45 bits per heavy atom. The SMILES string of the molecule is N#CC1(NC(=O)[C@@H]2CC(Sc3ccc(F)cc3Cl)CN2C(=O)C2(C(F)(F)F)CC2)CC1. The van der Waals surface area contributed by atoms with Crippen LogP contribution >= 0.6 is 23.4 Å². The van der Waals surface area contributed by atoms with Crippen molar-refractivity contribution in [2.24, 2.45) is 5.41 Å². The van der Waals surface area contributed by atoms with E-state index in [1.165, 1.54) is 23.9 Å². The number of carbonyl (C=O) groups is 2. The van der Waals surface area contributed by atoms with Gasteiger partial charge in [0.25, 0.3) is 0 Å². The number of hydrogen-bond acceptors (Lipinski definition) is 4. The van der Waals surface area contributed by atoms with Crippen molar-refractivity contribution in [3.8, 4) is 6.07 Å². The maximum Gasteiger partial charge on any atom is 0.403 e. The smallest absolute Gasteiger partial charge is 0.336 e. The number of hydrogen-bond donors (Lipinski definition) is 1. The molecular formula is C20H18ClF4N3O2S. The Hall–Kier alpha value is -1.99. The molecule has 1 unspecified atom stereocenters. The molecule has 1 saturated heterocycles. The van der Waals surface area contributed by atoms with E-state index in [0.29, 0.717) is 17.7 Å². The molecule has 0 aromatic heterocycles. The van der Waals surface area contributed by atoms with Crippen LogP contribution in [0.4, 0.5) is 17.6 Å². The van der Waals surface area contributed by atoms with Crippen molar-refractivity contribution in [1.82, 2.24) is 10.2 Å². The van der Waals surface area contributed by atoms with Crippen molar-refractivity contribution in [3.63, 3.8) is 0 Å². The Labute approximate surface area is 185 Å². The first kappa shape index (κ1) is 22.2. The predicted octanol–water partition coefficient (Wildman–Crippen LogP) is 4.06. The number of nitriles is 1. The lowest BCUT2D eigenvalue weighted by Gasteiger charge is -2.29. The first-order chi connectivity index (χ1) is 14.5. The molecular weight excluding hydrogens is 458 g/mol. The van der Waals surface area contributed by atoms with Crippen LogP contribution < -0.4 is 5.32 Å². The molecule has 3 aliphatic rings. The summed E-state index contributed by atoms with van der Waals surface area (Å²) < 4.78 is 54.0. The maximum atomic E-state index is 13.5. The normalized spacial score (nSPS) is 25.6. The second-order valence-corrected chi connectivity index (χ2v) is 10.0. The quantitative estimate of drug-likeness (QED) is 0.652. The van der Waals surface area contributed by atoms with Crippen LogP contribution in [-0.4, -0.2) is 46.3 Å². The van der Waals surface area contributed by atoms with E-state index in [9.17, 15) is 32.4 Å². The number of likely N-dealkylation sites (tertiary alicyclic amines) is 1. The number of thioether (sulfide) groups is 1. The van der Waals surface area contributed by atoms with E-state index in [-0.39, 0.29) is 30.8 Å². The summed E-state index contributed by atoms with van der Waals surface area (Å²) in [6.45, 7) is -0.0767. The molecule has 1 aromatic carbocycles. The standard InChI is InChI=1S/C20H18ClF4N3O2S/c21-13-7-11(22)1-2-15(13)31-12-8-14(16(29)27-18(10-26)3-4-18)28(9-12)17(30)19(5-6-19)20(23,24)25/h1-2,7,12,14H,3-6,8-9H2,(H,27,29)/t12?,14-/m0/s1. The van der Waals surface area contributed by atoms with E-state index in [1.54, 1.807) is 0 Å². The van der Waals surface area contributed by atoms with Crippen molar-refractivity contribution >= 4 is 35.2 Å². The Kier molecular flexibility index (Phi) is 5.41. The maximum absolute atomic E-state index is 13.5. The van der Waals surface area contributed by atoms with Crippen LogP contribution in [-0.2, 0) is 9.59 Å². The van der Waals surface area contributed by atoms with Gasteiger partial charge in [0.05, 0.1) is 11.1 Å². The molecule has 0 radical (unpaired) electrons. The summed E-state index contributed by atoms with van der Waals surface area (Å²) in [6.07, 6.45) is -4.27. The molecule has 3 fully saturated rings. The second kappa shape index (κ2) is 7.55. The molecule has 166 valence electrons. The summed E-state index contributed by atoms with van der Waals surface area (Å²) >= 11 is 7.24. The molecule has 0 spiro atoms.